The van der Waals surface area contributed by atoms with Crippen molar-refractivity contribution in [2.45, 2.75) is 25.7 Å². The summed E-state index contributed by atoms with van der Waals surface area (Å²) in [6.45, 7) is 2.06. The Hall–Kier alpha value is -1.71. The molecule has 3 rings (SSSR count). The third kappa shape index (κ3) is 3.00. The van der Waals surface area contributed by atoms with Crippen LogP contribution in [0.4, 0.5) is 11.4 Å². The zero-order chi connectivity index (χ0) is 13.4. The largest absolute Gasteiger partial charge is 0.399 e. The minimum absolute atomic E-state index is 0.369. The number of nitrogens with zero attached hydrogens (tertiary/aromatic N) is 1. The third-order valence-electron chi connectivity index (χ3n) is 3.98. The first-order chi connectivity index (χ1) is 9.13. The van der Waals surface area contributed by atoms with E-state index in [0.29, 0.717) is 11.3 Å². The van der Waals surface area contributed by atoms with Crippen molar-refractivity contribution in [2.75, 3.05) is 23.7 Å². The van der Waals surface area contributed by atoms with Crippen LogP contribution in [0.1, 0.15) is 36.0 Å². The zero-order valence-electron chi connectivity index (χ0n) is 11.1. The molecule has 4 N–H and O–H groups in total. The highest BCUT2D eigenvalue weighted by molar-refractivity contribution is 5.99. The molecule has 1 aromatic rings. The summed E-state index contributed by atoms with van der Waals surface area (Å²) in [6.07, 6.45) is 5.20. The molecule has 0 bridgehead atoms. The van der Waals surface area contributed by atoms with Gasteiger partial charge in [-0.3, -0.25) is 4.79 Å². The molecule has 102 valence electrons. The van der Waals surface area contributed by atoms with Crippen LogP contribution >= 0.6 is 0 Å². The van der Waals surface area contributed by atoms with Crippen LogP contribution in [0.25, 0.3) is 0 Å². The van der Waals surface area contributed by atoms with Gasteiger partial charge >= 0.3 is 0 Å². The Kier molecular flexibility index (Phi) is 3.09. The average Bonchev–Trinajstić information content (AvgIpc) is 3.22. The van der Waals surface area contributed by atoms with Crippen molar-refractivity contribution in [3.05, 3.63) is 23.8 Å². The predicted octanol–water partition coefficient (Wildman–Crippen LogP) is 1.99. The monoisotopic (exact) mass is 259 g/mol. The molecule has 0 atom stereocenters. The molecule has 1 aromatic carbocycles. The molecule has 0 unspecified atom stereocenters. The number of nitrogens with two attached hydrogens (primary N) is 2. The van der Waals surface area contributed by atoms with E-state index >= 15 is 0 Å². The van der Waals surface area contributed by atoms with Crippen LogP contribution in [0.2, 0.25) is 0 Å². The van der Waals surface area contributed by atoms with Gasteiger partial charge in [0, 0.05) is 18.8 Å². The van der Waals surface area contributed by atoms with Gasteiger partial charge in [-0.2, -0.15) is 0 Å². The number of benzene rings is 1. The average molecular weight is 259 g/mol. The lowest BCUT2D eigenvalue weighted by atomic mass is 10.1. The van der Waals surface area contributed by atoms with Gasteiger partial charge in [0.1, 0.15) is 0 Å². The summed E-state index contributed by atoms with van der Waals surface area (Å²) in [5, 5.41) is 0. The zero-order valence-corrected chi connectivity index (χ0v) is 11.1. The highest BCUT2D eigenvalue weighted by Crippen LogP contribution is 2.37. The van der Waals surface area contributed by atoms with E-state index in [4.69, 9.17) is 11.5 Å². The van der Waals surface area contributed by atoms with Gasteiger partial charge in [0.2, 0.25) is 0 Å². The molecule has 0 aromatic heterocycles. The van der Waals surface area contributed by atoms with Crippen LogP contribution in [-0.4, -0.2) is 19.0 Å². The number of carbonyl (C=O) groups is 1. The summed E-state index contributed by atoms with van der Waals surface area (Å²) >= 11 is 0. The Bertz CT molecular complexity index is 478. The number of hydrogen-bond donors (Lipinski definition) is 2. The smallest absolute Gasteiger partial charge is 0.250 e. The Balaban J connectivity index is 1.89. The Morgan fingerprint density at radius 1 is 1.16 bits per heavy atom. The molecule has 0 spiro atoms. The van der Waals surface area contributed by atoms with Crippen LogP contribution in [0.15, 0.2) is 18.2 Å². The summed E-state index contributed by atoms with van der Waals surface area (Å²) in [7, 11) is 0. The minimum atomic E-state index is -0.369. The predicted molar refractivity (Wildman–Crippen MR) is 77.0 cm³/mol. The van der Waals surface area contributed by atoms with Crippen molar-refractivity contribution in [3.63, 3.8) is 0 Å². The van der Waals surface area contributed by atoms with E-state index in [2.05, 4.69) is 4.90 Å². The number of rotatable bonds is 6. The molecule has 1 amide bonds. The normalized spacial score (nSPS) is 18.3. The number of nitrogen functional groups attached to an aromatic ring is 1. The van der Waals surface area contributed by atoms with Crippen molar-refractivity contribution in [1.29, 1.82) is 0 Å². The summed E-state index contributed by atoms with van der Waals surface area (Å²) in [6, 6.07) is 5.39. The van der Waals surface area contributed by atoms with Gasteiger partial charge in [-0.25, -0.2) is 0 Å². The van der Waals surface area contributed by atoms with Crippen molar-refractivity contribution in [1.82, 2.24) is 0 Å². The van der Waals surface area contributed by atoms with Crippen molar-refractivity contribution >= 4 is 17.3 Å². The lowest BCUT2D eigenvalue weighted by molar-refractivity contribution is 0.100. The van der Waals surface area contributed by atoms with E-state index in [9.17, 15) is 4.79 Å². The van der Waals surface area contributed by atoms with E-state index in [1.54, 1.807) is 12.1 Å². The van der Waals surface area contributed by atoms with Crippen molar-refractivity contribution < 1.29 is 4.79 Å². The van der Waals surface area contributed by atoms with E-state index in [1.165, 1.54) is 25.7 Å². The molecule has 0 saturated heterocycles. The first-order valence-electron chi connectivity index (χ1n) is 7.08. The molecule has 2 aliphatic rings. The molecule has 0 heterocycles. The number of carbonyl (C=O) groups excluding carboxylic acids is 1. The topological polar surface area (TPSA) is 72.3 Å². The minimum Gasteiger partial charge on any atom is -0.399 e. The number of hydrogen-bond acceptors (Lipinski definition) is 3. The van der Waals surface area contributed by atoms with E-state index < -0.39 is 0 Å². The number of amides is 1. The van der Waals surface area contributed by atoms with Gasteiger partial charge < -0.3 is 16.4 Å². The molecular weight excluding hydrogens is 238 g/mol. The molecular formula is C15H21N3O. The fourth-order valence-corrected chi connectivity index (χ4v) is 2.51. The Morgan fingerprint density at radius 2 is 1.74 bits per heavy atom. The van der Waals surface area contributed by atoms with Gasteiger partial charge in [0.25, 0.3) is 5.91 Å². The van der Waals surface area contributed by atoms with Crippen molar-refractivity contribution in [3.8, 4) is 0 Å². The van der Waals surface area contributed by atoms with Gasteiger partial charge in [-0.15, -0.1) is 0 Å². The fraction of sp³-hybridized carbons (Fsp3) is 0.533. The highest BCUT2D eigenvalue weighted by Gasteiger charge is 2.30. The summed E-state index contributed by atoms with van der Waals surface area (Å²) in [5.41, 5.74) is 13.6. The molecule has 2 aliphatic carbocycles. The second-order valence-electron chi connectivity index (χ2n) is 5.93. The lowest BCUT2D eigenvalue weighted by Gasteiger charge is -2.27. The number of primary amides is 1. The van der Waals surface area contributed by atoms with Crippen LogP contribution in [0, 0.1) is 11.8 Å². The first kappa shape index (κ1) is 12.3. The summed E-state index contributed by atoms with van der Waals surface area (Å²) in [4.78, 5) is 13.9. The van der Waals surface area contributed by atoms with Gasteiger partial charge in [0.15, 0.2) is 0 Å². The molecule has 0 radical (unpaired) electrons. The molecule has 4 heteroatoms. The second-order valence-corrected chi connectivity index (χ2v) is 5.93. The molecule has 2 fully saturated rings. The maximum atomic E-state index is 11.6. The summed E-state index contributed by atoms with van der Waals surface area (Å²) in [5.74, 6) is 1.19. The maximum absolute atomic E-state index is 11.6. The molecule has 4 nitrogen and oxygen atoms in total. The Labute approximate surface area is 113 Å². The van der Waals surface area contributed by atoms with Gasteiger partial charge in [-0.1, -0.05) is 0 Å². The van der Waals surface area contributed by atoms with Crippen LogP contribution in [0.3, 0.4) is 0 Å². The Morgan fingerprint density at radius 3 is 2.21 bits per heavy atom. The van der Waals surface area contributed by atoms with Crippen LogP contribution < -0.4 is 16.4 Å². The summed E-state index contributed by atoms with van der Waals surface area (Å²) < 4.78 is 0. The fourth-order valence-electron chi connectivity index (χ4n) is 2.51. The number of anilines is 2. The maximum Gasteiger partial charge on any atom is 0.250 e. The SMILES string of the molecule is NC(=O)c1ccc(N)cc1N(CC1CC1)CC1CC1. The molecule has 2 saturated carbocycles. The van der Waals surface area contributed by atoms with Crippen LogP contribution in [0.5, 0.6) is 0 Å². The highest BCUT2D eigenvalue weighted by atomic mass is 16.1. The first-order valence-corrected chi connectivity index (χ1v) is 7.08. The third-order valence-corrected chi connectivity index (χ3v) is 3.98. The van der Waals surface area contributed by atoms with E-state index in [1.807, 2.05) is 6.07 Å². The van der Waals surface area contributed by atoms with E-state index in [-0.39, 0.29) is 5.91 Å². The van der Waals surface area contributed by atoms with E-state index in [0.717, 1.165) is 30.6 Å². The second kappa shape index (κ2) is 4.76. The van der Waals surface area contributed by atoms with Crippen molar-refractivity contribution in [2.24, 2.45) is 17.6 Å². The standard InChI is InChI=1S/C15H21N3O/c16-12-5-6-13(15(17)19)14(7-12)18(8-10-1-2-10)9-11-3-4-11/h5-7,10-11H,1-4,8-9,16H2,(H2,17,19). The molecule has 19 heavy (non-hydrogen) atoms. The van der Waals surface area contributed by atoms with Gasteiger partial charge in [0.05, 0.1) is 11.3 Å². The van der Waals surface area contributed by atoms with Crippen LogP contribution in [-0.2, 0) is 0 Å². The molecule has 0 aliphatic heterocycles. The lowest BCUT2D eigenvalue weighted by Crippen LogP contribution is -2.30. The quantitative estimate of drug-likeness (QED) is 0.767. The van der Waals surface area contributed by atoms with Gasteiger partial charge in [-0.05, 0) is 55.7 Å².